The summed E-state index contributed by atoms with van der Waals surface area (Å²) in [5, 5.41) is 7.20. The molecule has 1 fully saturated rings. The van der Waals surface area contributed by atoms with Crippen LogP contribution < -0.4 is 15.4 Å². The monoisotopic (exact) mass is 576 g/mol. The molecule has 1 radical (unpaired) electrons. The fraction of sp³-hybridized carbons (Fsp3) is 0.412. The highest BCUT2D eigenvalue weighted by molar-refractivity contribution is 6.33. The van der Waals surface area contributed by atoms with Gasteiger partial charge in [0.1, 0.15) is 5.75 Å². The summed E-state index contributed by atoms with van der Waals surface area (Å²) in [4.78, 5) is 15.3. The quantitative estimate of drug-likeness (QED) is 0.251. The van der Waals surface area contributed by atoms with Crippen LogP contribution in [0.4, 0.5) is 4.79 Å². The number of hydrogen-bond donors (Lipinski definition) is 2. The number of nitrogens with zero attached hydrogens (tertiary/aromatic N) is 1. The molecule has 4 rings (SSSR count). The molecule has 2 amide bonds. The van der Waals surface area contributed by atoms with Gasteiger partial charge in [-0.1, -0.05) is 67.1 Å². The van der Waals surface area contributed by atoms with Crippen LogP contribution in [0.15, 0.2) is 66.7 Å². The lowest BCUT2D eigenvalue weighted by atomic mass is 9.84. The lowest BCUT2D eigenvalue weighted by molar-refractivity contribution is 0.00319. The van der Waals surface area contributed by atoms with Crippen LogP contribution in [0.1, 0.15) is 42.6 Å². The van der Waals surface area contributed by atoms with Crippen molar-refractivity contribution < 1.29 is 14.3 Å². The number of rotatable bonds is 12. The number of piperidine rings is 1. The van der Waals surface area contributed by atoms with Gasteiger partial charge in [-0.15, -0.1) is 0 Å². The van der Waals surface area contributed by atoms with Gasteiger partial charge in [-0.25, -0.2) is 4.79 Å². The van der Waals surface area contributed by atoms with Crippen LogP contribution in [-0.4, -0.2) is 57.4 Å². The van der Waals surface area contributed by atoms with Crippen molar-refractivity contribution in [1.82, 2.24) is 15.5 Å². The predicted octanol–water partition coefficient (Wildman–Crippen LogP) is 6.72. The van der Waals surface area contributed by atoms with Crippen molar-refractivity contribution in [3.05, 3.63) is 95.4 Å². The standard InChI is InChI=1S/C34H43ClN3O3/c1-5-24-10-7-11-26(20-24)32-30(13-8-14-31(32)35)33(41-6-2)27-12-9-19-38(23-27)34(39)37-22-28(36-3)21-25-15-17-29(40-4)18-16-25/h7-8,10-11,13-18,20,27-28,33,36H,2,5-6,9,12,19,21-23H2,1,3-4H3,(H,37,39). The molecule has 41 heavy (non-hydrogen) atoms. The second-order valence-corrected chi connectivity index (χ2v) is 11.0. The Kier molecular flexibility index (Phi) is 11.5. The number of methoxy groups -OCH3 is 1. The smallest absolute Gasteiger partial charge is 0.317 e. The molecule has 0 saturated carbocycles. The molecule has 0 aliphatic carbocycles. The molecule has 6 nitrogen and oxygen atoms in total. The van der Waals surface area contributed by atoms with E-state index in [4.69, 9.17) is 21.1 Å². The van der Waals surface area contributed by atoms with E-state index in [2.05, 4.69) is 66.9 Å². The van der Waals surface area contributed by atoms with Gasteiger partial charge in [0.25, 0.3) is 0 Å². The Balaban J connectivity index is 1.46. The zero-order valence-electron chi connectivity index (χ0n) is 24.5. The summed E-state index contributed by atoms with van der Waals surface area (Å²) in [5.41, 5.74) is 5.59. The van der Waals surface area contributed by atoms with E-state index in [1.807, 2.05) is 36.2 Å². The molecule has 1 aliphatic rings. The summed E-state index contributed by atoms with van der Waals surface area (Å²) in [6, 6.07) is 22.7. The molecular formula is C34H43ClN3O3. The lowest BCUT2D eigenvalue weighted by Crippen LogP contribution is -2.50. The van der Waals surface area contributed by atoms with E-state index in [1.54, 1.807) is 7.11 Å². The summed E-state index contributed by atoms with van der Waals surface area (Å²) in [6.07, 6.45) is 3.42. The maximum atomic E-state index is 13.3. The van der Waals surface area contributed by atoms with Crippen molar-refractivity contribution in [3.8, 4) is 16.9 Å². The maximum absolute atomic E-state index is 13.3. The van der Waals surface area contributed by atoms with Gasteiger partial charge in [0.2, 0.25) is 0 Å². The predicted molar refractivity (Wildman–Crippen MR) is 168 cm³/mol. The molecule has 3 atom stereocenters. The van der Waals surface area contributed by atoms with E-state index < -0.39 is 0 Å². The Morgan fingerprint density at radius 2 is 1.90 bits per heavy atom. The number of halogens is 1. The maximum Gasteiger partial charge on any atom is 0.317 e. The average molecular weight is 577 g/mol. The minimum atomic E-state index is -0.220. The van der Waals surface area contributed by atoms with E-state index in [-0.39, 0.29) is 24.1 Å². The molecule has 3 unspecified atom stereocenters. The minimum Gasteiger partial charge on any atom is -0.497 e. The molecule has 219 valence electrons. The van der Waals surface area contributed by atoms with Crippen LogP contribution >= 0.6 is 11.6 Å². The number of ether oxygens (including phenoxy) is 2. The third-order valence-electron chi connectivity index (χ3n) is 8.00. The second kappa shape index (κ2) is 15.2. The number of carbonyl (C=O) groups excluding carboxylic acids is 1. The molecule has 3 aromatic carbocycles. The van der Waals surface area contributed by atoms with Crippen LogP contribution in [0.25, 0.3) is 11.1 Å². The average Bonchev–Trinajstić information content (AvgIpc) is 3.02. The minimum absolute atomic E-state index is 0.0416. The van der Waals surface area contributed by atoms with Crippen molar-refractivity contribution >= 4 is 17.6 Å². The Bertz CT molecular complexity index is 1270. The van der Waals surface area contributed by atoms with Crippen LogP contribution in [0.5, 0.6) is 5.75 Å². The highest BCUT2D eigenvalue weighted by Crippen LogP contribution is 2.41. The van der Waals surface area contributed by atoms with E-state index >= 15 is 0 Å². The fourth-order valence-electron chi connectivity index (χ4n) is 5.72. The number of likely N-dealkylation sites (tertiary alicyclic amines) is 1. The van der Waals surface area contributed by atoms with Gasteiger partial charge in [-0.3, -0.25) is 0 Å². The molecule has 0 bridgehead atoms. The molecule has 1 heterocycles. The third kappa shape index (κ3) is 8.03. The highest BCUT2D eigenvalue weighted by atomic mass is 35.5. The van der Waals surface area contributed by atoms with Gasteiger partial charge in [0.05, 0.1) is 13.2 Å². The Morgan fingerprint density at radius 1 is 1.12 bits per heavy atom. The first-order valence-corrected chi connectivity index (χ1v) is 15.0. The molecule has 0 spiro atoms. The zero-order valence-corrected chi connectivity index (χ0v) is 25.3. The van der Waals surface area contributed by atoms with Gasteiger partial charge in [-0.05, 0) is 80.1 Å². The SMILES string of the molecule is [CH2]COC(c1cccc(Cl)c1-c1cccc(CC)c1)C1CCCN(C(=O)NCC(Cc2ccc(OC)cc2)NC)C1. The van der Waals surface area contributed by atoms with Crippen LogP contribution in [0, 0.1) is 12.8 Å². The first-order chi connectivity index (χ1) is 20.0. The van der Waals surface area contributed by atoms with Crippen LogP contribution in [0.2, 0.25) is 5.02 Å². The summed E-state index contributed by atoms with van der Waals surface area (Å²) < 4.78 is 11.6. The summed E-state index contributed by atoms with van der Waals surface area (Å²) in [6.45, 7) is 8.35. The van der Waals surface area contributed by atoms with Crippen molar-refractivity contribution in [2.45, 2.75) is 44.8 Å². The molecule has 7 heteroatoms. The van der Waals surface area contributed by atoms with Crippen LogP contribution in [0.3, 0.4) is 0 Å². The number of hydrogen-bond acceptors (Lipinski definition) is 4. The van der Waals surface area contributed by atoms with Gasteiger partial charge in [-0.2, -0.15) is 0 Å². The molecule has 2 N–H and O–H groups in total. The van der Waals surface area contributed by atoms with Gasteiger partial charge in [0.15, 0.2) is 0 Å². The van der Waals surface area contributed by atoms with Gasteiger partial charge < -0.3 is 25.0 Å². The Hall–Kier alpha value is -3.06. The van der Waals surface area contributed by atoms with E-state index in [0.717, 1.165) is 54.7 Å². The Morgan fingerprint density at radius 3 is 2.61 bits per heavy atom. The number of benzene rings is 3. The number of aryl methyl sites for hydroxylation is 1. The lowest BCUT2D eigenvalue weighted by Gasteiger charge is -2.38. The number of amides is 2. The number of nitrogens with one attached hydrogen (secondary N) is 2. The normalized spacial score (nSPS) is 16.7. The zero-order chi connectivity index (χ0) is 29.2. The summed E-state index contributed by atoms with van der Waals surface area (Å²) >= 11 is 6.82. The molecule has 1 aliphatic heterocycles. The molecule has 1 saturated heterocycles. The molecule has 0 aromatic heterocycles. The van der Waals surface area contributed by atoms with Gasteiger partial charge in [0, 0.05) is 48.8 Å². The van der Waals surface area contributed by atoms with Crippen molar-refractivity contribution in [2.75, 3.05) is 40.4 Å². The van der Waals surface area contributed by atoms with Gasteiger partial charge >= 0.3 is 6.03 Å². The topological polar surface area (TPSA) is 62.8 Å². The largest absolute Gasteiger partial charge is 0.497 e. The summed E-state index contributed by atoms with van der Waals surface area (Å²) in [7, 11) is 3.59. The highest BCUT2D eigenvalue weighted by Gasteiger charge is 2.33. The van der Waals surface area contributed by atoms with E-state index in [1.165, 1.54) is 11.1 Å². The fourth-order valence-corrected chi connectivity index (χ4v) is 6.01. The van der Waals surface area contributed by atoms with Crippen molar-refractivity contribution in [2.24, 2.45) is 5.92 Å². The summed E-state index contributed by atoms with van der Waals surface area (Å²) in [5.74, 6) is 0.963. The second-order valence-electron chi connectivity index (χ2n) is 10.6. The van der Waals surface area contributed by atoms with Crippen LogP contribution in [-0.2, 0) is 17.6 Å². The first kappa shape index (κ1) is 30.9. The number of carbonyl (C=O) groups is 1. The number of likely N-dealkylation sites (N-methyl/N-ethyl adjacent to an activating group) is 1. The van der Waals surface area contributed by atoms with E-state index in [9.17, 15) is 4.79 Å². The number of urea groups is 1. The molecule has 3 aromatic rings. The van der Waals surface area contributed by atoms with E-state index in [0.29, 0.717) is 24.7 Å². The van der Waals surface area contributed by atoms with Crippen molar-refractivity contribution in [3.63, 3.8) is 0 Å². The Labute approximate surface area is 250 Å². The molecular weight excluding hydrogens is 534 g/mol. The van der Waals surface area contributed by atoms with Crippen molar-refractivity contribution in [1.29, 1.82) is 0 Å². The third-order valence-corrected chi connectivity index (χ3v) is 8.31. The first-order valence-electron chi connectivity index (χ1n) is 14.6.